The van der Waals surface area contributed by atoms with Gasteiger partial charge in [-0.2, -0.15) is 5.26 Å². The second kappa shape index (κ2) is 35.1. The first kappa shape index (κ1) is 76.3. The zero-order valence-corrected chi connectivity index (χ0v) is 60.4. The molecule has 29 nitrogen and oxygen atoms in total. The monoisotopic (exact) mass is 1530 g/mol. The SMILES string of the molecule is COc1c(Cl)cccc1Nc1cc(Cl)nc2c1C(=O)N(C)C2.N#Cc1nc(N)ccc1N1CCCC1=O.O=C1CCCN1.[C-]#[N+]c1nc(Cc2cc(Nc3cccc(Cl)c3OC)c3c(n2)CN(C)C3=O)ccc1N1CCCC1=O.[C-]#[N+]c1nc(N)ccc1Br.[C-]#[N+]c1nc(N)ccc1N1CCCC1=O. The Bertz CT molecular complexity index is 4760. The number of amides is 6. The lowest BCUT2D eigenvalue weighted by molar-refractivity contribution is -0.119. The molecule has 8 aromatic rings. The third-order valence-corrected chi connectivity index (χ3v) is 17.7. The Morgan fingerprint density at radius 3 is 1.47 bits per heavy atom. The van der Waals surface area contributed by atoms with Gasteiger partial charge in [-0.05, 0) is 92.4 Å². The van der Waals surface area contributed by atoms with Crippen LogP contribution in [0.15, 0.2) is 102 Å². The van der Waals surface area contributed by atoms with E-state index in [9.17, 15) is 28.8 Å². The maximum atomic E-state index is 12.9. The molecular weight excluding hydrogens is 1460 g/mol. The lowest BCUT2D eigenvalue weighted by Crippen LogP contribution is -2.25. The summed E-state index contributed by atoms with van der Waals surface area (Å²) in [4.78, 5) is 113. The van der Waals surface area contributed by atoms with E-state index < -0.39 is 0 Å². The van der Waals surface area contributed by atoms with E-state index in [-0.39, 0.29) is 52.8 Å². The highest BCUT2D eigenvalue weighted by Crippen LogP contribution is 2.41. The molecule has 12 heterocycles. The van der Waals surface area contributed by atoms with Crippen LogP contribution in [-0.2, 0) is 38.7 Å². The molecule has 6 aromatic heterocycles. The maximum Gasteiger partial charge on any atom is 0.295 e. The second-order valence-electron chi connectivity index (χ2n) is 23.4. The molecule has 104 heavy (non-hydrogen) atoms. The number of methoxy groups -OCH3 is 2. The number of pyridine rings is 6. The van der Waals surface area contributed by atoms with E-state index in [1.165, 1.54) is 14.2 Å². The molecule has 0 aliphatic carbocycles. The van der Waals surface area contributed by atoms with Crippen molar-refractivity contribution in [2.45, 2.75) is 70.9 Å². The first-order valence-corrected chi connectivity index (χ1v) is 34.0. The minimum atomic E-state index is -0.124. The zero-order valence-electron chi connectivity index (χ0n) is 56.6. The van der Waals surface area contributed by atoms with Crippen molar-refractivity contribution in [1.82, 2.24) is 45.0 Å². The molecular formula is C71H67BrCl3N21O8. The number of para-hydroxylation sites is 2. The molecule has 6 amide bonds. The fraction of sp³-hybridized carbons (Fsp3) is 0.268. The summed E-state index contributed by atoms with van der Waals surface area (Å²) in [6.45, 7) is 24.8. The summed E-state index contributed by atoms with van der Waals surface area (Å²) in [6, 6.07) is 29.6. The summed E-state index contributed by atoms with van der Waals surface area (Å²) in [5, 5.41) is 19.3. The summed E-state index contributed by atoms with van der Waals surface area (Å²) in [7, 11) is 6.53. The predicted molar refractivity (Wildman–Crippen MR) is 399 cm³/mol. The third-order valence-electron chi connectivity index (χ3n) is 16.3. The van der Waals surface area contributed by atoms with Crippen molar-refractivity contribution >= 4 is 161 Å². The van der Waals surface area contributed by atoms with Gasteiger partial charge in [0, 0.05) is 82.6 Å². The van der Waals surface area contributed by atoms with Gasteiger partial charge in [0.15, 0.2) is 17.2 Å². The number of nitrogens with one attached hydrogen (secondary N) is 3. The van der Waals surface area contributed by atoms with Crippen molar-refractivity contribution in [3.63, 3.8) is 0 Å². The number of halogens is 4. The molecule has 0 atom stereocenters. The van der Waals surface area contributed by atoms with E-state index in [4.69, 9.17) is 91.4 Å². The van der Waals surface area contributed by atoms with Crippen molar-refractivity contribution in [3.05, 3.63) is 191 Å². The smallest absolute Gasteiger partial charge is 0.295 e. The molecule has 0 spiro atoms. The van der Waals surface area contributed by atoms with E-state index in [1.807, 2.05) is 30.3 Å². The van der Waals surface area contributed by atoms with Crippen LogP contribution in [0.3, 0.4) is 0 Å². The topological polar surface area (TPSA) is 365 Å². The number of rotatable bonds is 11. The number of aromatic nitrogens is 6. The minimum absolute atomic E-state index is 0.00989. The number of ether oxygens (including phenoxy) is 2. The standard InChI is InChI=1S/C26H23ClN6O3.C15H13Cl2N3O2.2C10H10N4O.C6H4BrN3.C4H7NO/c1-28-25-21(33-11-5-8-22(33)34)10-9-15(30-25)12-16-13-19(23-20(29-16)14-32(2)26(23)35)31-18-7-4-6-17(27)24(18)36-3;1-20-7-11-13(15(20)21)10(6-12(17)19-11)18-9-5-3-4-8(16)14(9)22-2;1-12-10-7(4-5-8(11)13-10)14-6-2-3-9(14)15;11-6-7-8(3-4-9(12)13-7)14-5-1-2-10(14)15;1-9-6-4(7)2-3-5(8)10-6;6-4-2-1-3-5-4/h4,6-7,9-10,13H,5,8,11-12,14H2,2-3H3,(H,29,31);3-6H,7H2,1-2H3,(H,18,19);4-5H,2-3,6H2,(H2,11,13);3-4H,1-2,5H2,(H2,12,13);2-3H,(H2,8,10);1-3H2,(H,5,6). The Kier molecular flexibility index (Phi) is 25.7. The molecule has 532 valence electrons. The van der Waals surface area contributed by atoms with Crippen LogP contribution in [0.2, 0.25) is 15.2 Å². The molecule has 4 fully saturated rings. The average molecular weight is 1530 g/mol. The first-order valence-electron chi connectivity index (χ1n) is 32.1. The first-order chi connectivity index (χ1) is 50.0. The van der Waals surface area contributed by atoms with Gasteiger partial charge in [0.1, 0.15) is 22.7 Å². The summed E-state index contributed by atoms with van der Waals surface area (Å²) < 4.78 is 11.4. The van der Waals surface area contributed by atoms with E-state index >= 15 is 0 Å². The van der Waals surface area contributed by atoms with Gasteiger partial charge in [0.2, 0.25) is 35.3 Å². The number of nitrogens with two attached hydrogens (primary N) is 3. The van der Waals surface area contributed by atoms with Crippen LogP contribution < -0.4 is 57.3 Å². The largest absolute Gasteiger partial charge is 0.493 e. The second-order valence-corrected chi connectivity index (χ2v) is 25.5. The highest BCUT2D eigenvalue weighted by molar-refractivity contribution is 9.10. The number of nitriles is 1. The maximum absolute atomic E-state index is 12.9. The van der Waals surface area contributed by atoms with Gasteiger partial charge in [-0.1, -0.05) is 88.6 Å². The molecule has 0 saturated carbocycles. The Labute approximate surface area is 621 Å². The van der Waals surface area contributed by atoms with Crippen LogP contribution in [0.4, 0.5) is 74.7 Å². The van der Waals surface area contributed by atoms with Crippen LogP contribution in [0, 0.1) is 31.0 Å². The zero-order chi connectivity index (χ0) is 74.9. The number of carbonyl (C=O) groups excluding carboxylic acids is 6. The fourth-order valence-corrected chi connectivity index (χ4v) is 12.5. The number of hydrogen-bond donors (Lipinski definition) is 6. The van der Waals surface area contributed by atoms with E-state index in [0.29, 0.717) is 187 Å². The van der Waals surface area contributed by atoms with Gasteiger partial charge < -0.3 is 81.7 Å². The Morgan fingerprint density at radius 2 is 1.02 bits per heavy atom. The number of nitrogens with zero attached hydrogens (tertiary/aromatic N) is 15. The van der Waals surface area contributed by atoms with Crippen LogP contribution in [0.25, 0.3) is 14.5 Å². The van der Waals surface area contributed by atoms with Gasteiger partial charge >= 0.3 is 0 Å². The predicted octanol–water partition coefficient (Wildman–Crippen LogP) is 12.3. The Balaban J connectivity index is 0.000000158. The van der Waals surface area contributed by atoms with Crippen molar-refractivity contribution in [3.8, 4) is 17.6 Å². The number of fused-ring (bicyclic) bond motifs is 2. The molecule has 33 heteroatoms. The van der Waals surface area contributed by atoms with Crippen molar-refractivity contribution < 1.29 is 38.2 Å². The third kappa shape index (κ3) is 18.4. The molecule has 0 unspecified atom stereocenters. The molecule has 14 rings (SSSR count). The molecule has 0 bridgehead atoms. The number of hydrogen-bond acceptors (Lipinski definition) is 20. The van der Waals surface area contributed by atoms with Gasteiger partial charge in [0.25, 0.3) is 29.3 Å². The van der Waals surface area contributed by atoms with E-state index in [1.54, 1.807) is 111 Å². The van der Waals surface area contributed by atoms with Crippen LogP contribution >= 0.6 is 50.7 Å². The number of benzene rings is 2. The molecule has 0 radical (unpaired) electrons. The Morgan fingerprint density at radius 1 is 0.558 bits per heavy atom. The molecule has 9 N–H and O–H groups in total. The Hall–Kier alpha value is -11.9. The summed E-state index contributed by atoms with van der Waals surface area (Å²) >= 11 is 21.6. The van der Waals surface area contributed by atoms with Crippen LogP contribution in [0.5, 0.6) is 11.5 Å². The molecule has 6 aliphatic heterocycles. The number of carbonyl (C=O) groups is 6. The van der Waals surface area contributed by atoms with Crippen molar-refractivity contribution in [2.75, 3.05) is 97.0 Å². The van der Waals surface area contributed by atoms with Crippen molar-refractivity contribution in [2.24, 2.45) is 0 Å². The highest BCUT2D eigenvalue weighted by Gasteiger charge is 2.33. The fourth-order valence-electron chi connectivity index (χ4n) is 11.5. The highest BCUT2D eigenvalue weighted by atomic mass is 79.9. The van der Waals surface area contributed by atoms with Gasteiger partial charge in [-0.3, -0.25) is 33.8 Å². The quantitative estimate of drug-likeness (QED) is 0.0517. The summed E-state index contributed by atoms with van der Waals surface area (Å²) in [6.07, 6.45) is 6.12. The average Bonchev–Trinajstić information content (AvgIpc) is 1.61. The molecule has 6 aliphatic rings. The normalized spacial score (nSPS) is 14.4. The number of anilines is 10. The summed E-state index contributed by atoms with van der Waals surface area (Å²) in [5.41, 5.74) is 24.3. The summed E-state index contributed by atoms with van der Waals surface area (Å²) in [5.74, 6) is 2.72. The molecule has 2 aromatic carbocycles. The number of nitrogen functional groups attached to an aromatic ring is 3. The molecule has 4 saturated heterocycles. The van der Waals surface area contributed by atoms with Gasteiger partial charge in [-0.25, -0.2) is 9.97 Å². The van der Waals surface area contributed by atoms with Gasteiger partial charge in [-0.15, -0.1) is 15.0 Å². The minimum Gasteiger partial charge on any atom is -0.493 e. The van der Waals surface area contributed by atoms with Gasteiger partial charge in [0.05, 0.1) is 112 Å². The lowest BCUT2D eigenvalue weighted by atomic mass is 10.1. The van der Waals surface area contributed by atoms with E-state index in [2.05, 4.69) is 71.3 Å². The van der Waals surface area contributed by atoms with E-state index in [0.717, 1.165) is 38.6 Å². The van der Waals surface area contributed by atoms with Crippen LogP contribution in [0.1, 0.15) is 101 Å². The lowest BCUT2D eigenvalue weighted by Gasteiger charge is -2.17. The van der Waals surface area contributed by atoms with Crippen molar-refractivity contribution in [1.29, 1.82) is 5.26 Å². The van der Waals surface area contributed by atoms with Crippen LogP contribution in [-0.4, -0.2) is 130 Å².